The van der Waals surface area contributed by atoms with E-state index in [9.17, 15) is 14.0 Å². The highest BCUT2D eigenvalue weighted by Crippen LogP contribution is 2.12. The Morgan fingerprint density at radius 2 is 2.04 bits per heavy atom. The lowest BCUT2D eigenvalue weighted by Gasteiger charge is -2.12. The van der Waals surface area contributed by atoms with Crippen LogP contribution in [0.3, 0.4) is 0 Å². The average molecular weight is 385 g/mol. The number of ether oxygens (including phenoxy) is 1. The third-order valence-corrected chi connectivity index (χ3v) is 4.00. The summed E-state index contributed by atoms with van der Waals surface area (Å²) in [6.45, 7) is 4.19. The van der Waals surface area contributed by atoms with Gasteiger partial charge in [-0.15, -0.1) is 0 Å². The molecule has 28 heavy (non-hydrogen) atoms. The quantitative estimate of drug-likeness (QED) is 0.649. The molecule has 0 aliphatic carbocycles. The summed E-state index contributed by atoms with van der Waals surface area (Å²) in [5, 5.41) is 2.67. The Bertz CT molecular complexity index is 1010. The third-order valence-electron chi connectivity index (χ3n) is 4.00. The van der Waals surface area contributed by atoms with E-state index in [0.717, 1.165) is 0 Å². The minimum Gasteiger partial charge on any atom is -0.486 e. The maximum absolute atomic E-state index is 12.9. The van der Waals surface area contributed by atoms with E-state index in [-0.39, 0.29) is 36.4 Å². The molecule has 0 radical (unpaired) electrons. The van der Waals surface area contributed by atoms with Gasteiger partial charge in [-0.1, -0.05) is 0 Å². The van der Waals surface area contributed by atoms with Crippen LogP contribution in [0.1, 0.15) is 41.9 Å². The fourth-order valence-electron chi connectivity index (χ4n) is 2.55. The van der Waals surface area contributed by atoms with Crippen molar-refractivity contribution < 1.29 is 13.9 Å². The molecular weight excluding hydrogens is 365 g/mol. The number of amides is 1. The molecule has 9 heteroatoms. The summed E-state index contributed by atoms with van der Waals surface area (Å²) in [7, 11) is 0. The fourth-order valence-corrected chi connectivity index (χ4v) is 2.55. The number of aromatic amines is 1. The molecule has 3 rings (SSSR count). The lowest BCUT2D eigenvalue weighted by atomic mass is 10.3. The molecule has 146 valence electrons. The number of aromatic nitrogens is 4. The van der Waals surface area contributed by atoms with E-state index in [1.807, 2.05) is 24.6 Å². The predicted octanol–water partition coefficient (Wildman–Crippen LogP) is 2.20. The number of H-pyrrole nitrogens is 1. The van der Waals surface area contributed by atoms with E-state index in [1.54, 1.807) is 6.20 Å². The number of imidazole rings is 1. The monoisotopic (exact) mass is 385 g/mol. The third kappa shape index (κ3) is 4.61. The first-order valence-electron chi connectivity index (χ1n) is 8.70. The highest BCUT2D eigenvalue weighted by atomic mass is 19.1. The Kier molecular flexibility index (Phi) is 5.83. The Balaban J connectivity index is 1.61. The largest absolute Gasteiger partial charge is 0.486 e. The van der Waals surface area contributed by atoms with E-state index in [2.05, 4.69) is 20.3 Å². The Morgan fingerprint density at radius 1 is 1.29 bits per heavy atom. The Hall–Kier alpha value is -3.49. The smallest absolute Gasteiger partial charge is 0.263 e. The zero-order valence-corrected chi connectivity index (χ0v) is 15.5. The molecule has 1 amide bonds. The number of halogens is 1. The number of benzene rings is 1. The van der Waals surface area contributed by atoms with E-state index in [1.165, 1.54) is 30.5 Å². The summed E-state index contributed by atoms with van der Waals surface area (Å²) in [5.74, 6) is 0.466. The first-order valence-corrected chi connectivity index (χ1v) is 8.70. The van der Waals surface area contributed by atoms with Gasteiger partial charge >= 0.3 is 0 Å². The molecule has 0 saturated heterocycles. The van der Waals surface area contributed by atoms with Gasteiger partial charge < -0.3 is 19.6 Å². The Labute approximate surface area is 160 Å². The molecular formula is C19H20FN5O3. The average Bonchev–Trinajstić information content (AvgIpc) is 3.15. The molecule has 0 aliphatic rings. The summed E-state index contributed by atoms with van der Waals surface area (Å²) in [6.07, 6.45) is 4.69. The maximum atomic E-state index is 12.9. The van der Waals surface area contributed by atoms with Crippen LogP contribution in [0.25, 0.3) is 0 Å². The van der Waals surface area contributed by atoms with E-state index in [4.69, 9.17) is 4.74 Å². The number of nitrogens with zero attached hydrogens (tertiary/aromatic N) is 3. The van der Waals surface area contributed by atoms with E-state index >= 15 is 0 Å². The Morgan fingerprint density at radius 3 is 2.71 bits per heavy atom. The van der Waals surface area contributed by atoms with Gasteiger partial charge in [0.15, 0.2) is 0 Å². The fraction of sp³-hybridized carbons (Fsp3) is 0.263. The van der Waals surface area contributed by atoms with Crippen molar-refractivity contribution >= 4 is 5.91 Å². The minimum atomic E-state index is -0.572. The molecule has 0 fully saturated rings. The molecule has 2 N–H and O–H groups in total. The molecule has 0 saturated carbocycles. The van der Waals surface area contributed by atoms with Crippen molar-refractivity contribution in [3.05, 3.63) is 76.2 Å². The molecule has 0 spiro atoms. The molecule has 1 aromatic carbocycles. The van der Waals surface area contributed by atoms with Crippen LogP contribution in [0.15, 0.2) is 47.7 Å². The number of hydrogen-bond donors (Lipinski definition) is 2. The van der Waals surface area contributed by atoms with Crippen LogP contribution in [0.4, 0.5) is 4.39 Å². The zero-order chi connectivity index (χ0) is 20.1. The summed E-state index contributed by atoms with van der Waals surface area (Å²) >= 11 is 0. The maximum Gasteiger partial charge on any atom is 0.263 e. The zero-order valence-electron chi connectivity index (χ0n) is 15.5. The van der Waals surface area contributed by atoms with Gasteiger partial charge in [0.2, 0.25) is 0 Å². The van der Waals surface area contributed by atoms with Gasteiger partial charge in [0, 0.05) is 24.6 Å². The van der Waals surface area contributed by atoms with Crippen LogP contribution >= 0.6 is 0 Å². The summed E-state index contributed by atoms with van der Waals surface area (Å²) in [6, 6.07) is 5.68. The molecule has 0 aliphatic heterocycles. The number of carbonyl (C=O) groups excluding carboxylic acids is 1. The first-order chi connectivity index (χ1) is 13.4. The molecule has 0 unspecified atom stereocenters. The van der Waals surface area contributed by atoms with Crippen LogP contribution in [0.2, 0.25) is 0 Å². The standard InChI is InChI=1S/C19H20FN5O3/c1-12(2)25-8-7-21-17(25)10-23-18(26)15-9-22-16(24-19(15)27)11-28-14-5-3-13(20)4-6-14/h3-9,12H,10-11H2,1-2H3,(H,23,26)(H,22,24,27). The van der Waals surface area contributed by atoms with Crippen molar-refractivity contribution in [3.63, 3.8) is 0 Å². The molecule has 2 aromatic heterocycles. The molecule has 3 aromatic rings. The lowest BCUT2D eigenvalue weighted by molar-refractivity contribution is 0.0947. The normalized spacial score (nSPS) is 10.9. The number of hydrogen-bond acceptors (Lipinski definition) is 5. The molecule has 0 bridgehead atoms. The summed E-state index contributed by atoms with van der Waals surface area (Å²) in [5.41, 5.74) is -0.675. The van der Waals surface area contributed by atoms with Crippen LogP contribution < -0.4 is 15.6 Å². The van der Waals surface area contributed by atoms with Gasteiger partial charge in [0.05, 0.1) is 6.54 Å². The molecule has 8 nitrogen and oxygen atoms in total. The highest BCUT2D eigenvalue weighted by Gasteiger charge is 2.14. The van der Waals surface area contributed by atoms with Crippen LogP contribution in [0.5, 0.6) is 5.75 Å². The molecule has 0 atom stereocenters. The topological polar surface area (TPSA) is 102 Å². The lowest BCUT2D eigenvalue weighted by Crippen LogP contribution is -2.31. The second kappa shape index (κ2) is 8.47. The van der Waals surface area contributed by atoms with Crippen molar-refractivity contribution in [2.75, 3.05) is 0 Å². The van der Waals surface area contributed by atoms with Crippen molar-refractivity contribution in [3.8, 4) is 5.75 Å². The van der Waals surface area contributed by atoms with Crippen LogP contribution in [-0.4, -0.2) is 25.4 Å². The predicted molar refractivity (Wildman–Crippen MR) is 99.4 cm³/mol. The van der Waals surface area contributed by atoms with Gasteiger partial charge in [0.1, 0.15) is 35.4 Å². The number of rotatable bonds is 7. The molecule has 2 heterocycles. The van der Waals surface area contributed by atoms with E-state index < -0.39 is 11.5 Å². The first kappa shape index (κ1) is 19.3. The van der Waals surface area contributed by atoms with Gasteiger partial charge in [0.25, 0.3) is 11.5 Å². The highest BCUT2D eigenvalue weighted by molar-refractivity contribution is 5.93. The van der Waals surface area contributed by atoms with Crippen molar-refractivity contribution in [1.29, 1.82) is 0 Å². The SMILES string of the molecule is CC(C)n1ccnc1CNC(=O)c1cnc(COc2ccc(F)cc2)[nH]c1=O. The van der Waals surface area contributed by atoms with Gasteiger partial charge in [-0.25, -0.2) is 14.4 Å². The van der Waals surface area contributed by atoms with Gasteiger partial charge in [-0.2, -0.15) is 0 Å². The van der Waals surface area contributed by atoms with Gasteiger partial charge in [-0.05, 0) is 38.1 Å². The van der Waals surface area contributed by atoms with Crippen molar-refractivity contribution in [2.24, 2.45) is 0 Å². The summed E-state index contributed by atoms with van der Waals surface area (Å²) in [4.78, 5) is 35.2. The second-order valence-electron chi connectivity index (χ2n) is 6.34. The van der Waals surface area contributed by atoms with Crippen LogP contribution in [0, 0.1) is 5.82 Å². The minimum absolute atomic E-state index is 0.0193. The number of nitrogens with one attached hydrogen (secondary N) is 2. The summed E-state index contributed by atoms with van der Waals surface area (Å²) < 4.78 is 20.2. The van der Waals surface area contributed by atoms with E-state index in [0.29, 0.717) is 11.6 Å². The van der Waals surface area contributed by atoms with Crippen LogP contribution in [-0.2, 0) is 13.2 Å². The van der Waals surface area contributed by atoms with Gasteiger partial charge in [-0.3, -0.25) is 9.59 Å². The van der Waals surface area contributed by atoms with Crippen molar-refractivity contribution in [1.82, 2.24) is 24.8 Å². The second-order valence-corrected chi connectivity index (χ2v) is 6.34. The number of carbonyl (C=O) groups is 1. The van der Waals surface area contributed by atoms with Crippen molar-refractivity contribution in [2.45, 2.75) is 33.0 Å².